The summed E-state index contributed by atoms with van der Waals surface area (Å²) in [5, 5.41) is 20.1. The van der Waals surface area contributed by atoms with Gasteiger partial charge in [-0.3, -0.25) is 0 Å². The van der Waals surface area contributed by atoms with Gasteiger partial charge < -0.3 is 15.0 Å². The fraction of sp³-hybridized carbons (Fsp3) is 0.800. The molecule has 0 unspecified atom stereocenters. The number of rotatable bonds is 2. The highest BCUT2D eigenvalue weighted by atomic mass is 16.4. The van der Waals surface area contributed by atoms with Crippen LogP contribution in [-0.2, 0) is 9.59 Å². The molecule has 0 aromatic rings. The van der Waals surface area contributed by atoms with Crippen LogP contribution in [0.4, 0.5) is 0 Å². The van der Waals surface area contributed by atoms with Gasteiger partial charge in [-0.25, -0.2) is 4.79 Å². The number of aliphatic hydroxyl groups is 1. The molecule has 0 amide bonds. The van der Waals surface area contributed by atoms with Crippen LogP contribution in [0.15, 0.2) is 11.6 Å². The molecule has 132 valence electrons. The zero-order valence-electron chi connectivity index (χ0n) is 14.6. The first-order valence-electron chi connectivity index (χ1n) is 9.34. The number of carbonyl (C=O) groups excluding carboxylic acids is 1. The van der Waals surface area contributed by atoms with Crippen LogP contribution in [0, 0.1) is 34.0 Å². The molecule has 0 aromatic carbocycles. The lowest BCUT2D eigenvalue weighted by molar-refractivity contribution is -0.170. The van der Waals surface area contributed by atoms with E-state index >= 15 is 0 Å². The quantitative estimate of drug-likeness (QED) is 0.762. The van der Waals surface area contributed by atoms with Gasteiger partial charge in [-0.05, 0) is 73.5 Å². The van der Waals surface area contributed by atoms with Gasteiger partial charge in [0.1, 0.15) is 6.29 Å². The van der Waals surface area contributed by atoms with E-state index < -0.39 is 17.5 Å². The smallest absolute Gasteiger partial charge is 0.331 e. The number of aldehydes is 1. The van der Waals surface area contributed by atoms with Gasteiger partial charge in [-0.2, -0.15) is 0 Å². The van der Waals surface area contributed by atoms with Crippen molar-refractivity contribution in [2.45, 2.75) is 64.9 Å². The molecular weight excluding hydrogens is 304 g/mol. The lowest BCUT2D eigenvalue weighted by Gasteiger charge is -2.63. The number of aliphatic hydroxyl groups excluding tert-OH is 1. The average Bonchev–Trinajstić information content (AvgIpc) is 2.77. The first-order chi connectivity index (χ1) is 11.2. The number of carbonyl (C=O) groups is 2. The molecule has 2 N–H and O–H groups in total. The van der Waals surface area contributed by atoms with E-state index in [1.807, 2.05) is 6.92 Å². The summed E-state index contributed by atoms with van der Waals surface area (Å²) in [7, 11) is 0. The number of aliphatic carboxylic acids is 1. The van der Waals surface area contributed by atoms with E-state index in [4.69, 9.17) is 0 Å². The highest BCUT2D eigenvalue weighted by molar-refractivity contribution is 5.88. The molecular formula is C20H28O4. The predicted molar refractivity (Wildman–Crippen MR) is 89.2 cm³/mol. The third-order valence-electron chi connectivity index (χ3n) is 8.16. The van der Waals surface area contributed by atoms with Crippen LogP contribution in [0.5, 0.6) is 0 Å². The SMILES string of the molecule is C[C@@]12C[C@H](O)C[C@@](C)(C=O)[C@H]1CC[C@]13C=C(C(=O)O)[C@H](CC[C@H]12)C3. The Bertz CT molecular complexity index is 625. The van der Waals surface area contributed by atoms with E-state index in [0.29, 0.717) is 23.8 Å². The number of carboxylic acid groups (broad SMARTS) is 1. The van der Waals surface area contributed by atoms with Gasteiger partial charge in [-0.1, -0.05) is 19.9 Å². The average molecular weight is 332 g/mol. The largest absolute Gasteiger partial charge is 0.478 e. The Balaban J connectivity index is 1.78. The Labute approximate surface area is 143 Å². The first kappa shape index (κ1) is 16.3. The molecule has 0 heterocycles. The maximum atomic E-state index is 11.9. The molecule has 3 fully saturated rings. The maximum Gasteiger partial charge on any atom is 0.331 e. The topological polar surface area (TPSA) is 74.6 Å². The Morgan fingerprint density at radius 2 is 1.92 bits per heavy atom. The third-order valence-corrected chi connectivity index (χ3v) is 8.16. The van der Waals surface area contributed by atoms with Crippen LogP contribution in [0.3, 0.4) is 0 Å². The minimum atomic E-state index is -0.758. The summed E-state index contributed by atoms with van der Waals surface area (Å²) in [6.45, 7) is 4.28. The Hall–Kier alpha value is -1.16. The van der Waals surface area contributed by atoms with Gasteiger partial charge >= 0.3 is 5.97 Å². The minimum absolute atomic E-state index is 0.0251. The predicted octanol–water partition coefficient (Wildman–Crippen LogP) is 3.19. The van der Waals surface area contributed by atoms with Crippen molar-refractivity contribution in [3.05, 3.63) is 11.6 Å². The van der Waals surface area contributed by atoms with Gasteiger partial charge in [-0.15, -0.1) is 0 Å². The maximum absolute atomic E-state index is 11.9. The number of hydrogen-bond donors (Lipinski definition) is 2. The fourth-order valence-corrected chi connectivity index (χ4v) is 7.50. The summed E-state index contributed by atoms with van der Waals surface area (Å²) in [4.78, 5) is 23.5. The van der Waals surface area contributed by atoms with E-state index in [2.05, 4.69) is 13.0 Å². The Morgan fingerprint density at radius 1 is 1.17 bits per heavy atom. The van der Waals surface area contributed by atoms with E-state index in [1.54, 1.807) is 0 Å². The van der Waals surface area contributed by atoms with Crippen LogP contribution in [-0.4, -0.2) is 28.6 Å². The standard InChI is InChI=1S/C20H28O4/c1-18(11-21)8-13(22)9-19(2)15(18)5-6-20-7-12(3-4-16(19)20)14(10-20)17(23)24/h10-13,15-16,22H,3-9H2,1-2H3,(H,23,24)/t12-,13-,15-,16+,18+,19-,20+/m1/s1. The van der Waals surface area contributed by atoms with Gasteiger partial charge in [0.15, 0.2) is 0 Å². The summed E-state index contributed by atoms with van der Waals surface area (Å²) in [5.41, 5.74) is 0.0566. The van der Waals surface area contributed by atoms with Crippen LogP contribution in [0.2, 0.25) is 0 Å². The molecule has 2 bridgehead atoms. The van der Waals surface area contributed by atoms with Gasteiger partial charge in [0.2, 0.25) is 0 Å². The Kier molecular flexibility index (Phi) is 3.36. The van der Waals surface area contributed by atoms with Crippen molar-refractivity contribution in [2.24, 2.45) is 34.0 Å². The Morgan fingerprint density at radius 3 is 2.58 bits per heavy atom. The van der Waals surface area contributed by atoms with Crippen molar-refractivity contribution in [3.8, 4) is 0 Å². The zero-order valence-corrected chi connectivity index (χ0v) is 14.6. The molecule has 4 heteroatoms. The molecule has 7 atom stereocenters. The summed E-state index contributed by atoms with van der Waals surface area (Å²) < 4.78 is 0. The number of carboxylic acids is 1. The van der Waals surface area contributed by atoms with Crippen molar-refractivity contribution in [1.82, 2.24) is 0 Å². The second-order valence-corrected chi connectivity index (χ2v) is 9.45. The molecule has 0 radical (unpaired) electrons. The molecule has 1 spiro atoms. The van der Waals surface area contributed by atoms with Crippen molar-refractivity contribution >= 4 is 12.3 Å². The first-order valence-corrected chi connectivity index (χ1v) is 9.34. The number of hydrogen-bond acceptors (Lipinski definition) is 3. The normalized spacial score (nSPS) is 52.9. The van der Waals surface area contributed by atoms with Crippen molar-refractivity contribution in [3.63, 3.8) is 0 Å². The lowest BCUT2D eigenvalue weighted by Crippen LogP contribution is -2.59. The lowest BCUT2D eigenvalue weighted by atomic mass is 9.41. The van der Waals surface area contributed by atoms with E-state index in [-0.39, 0.29) is 16.7 Å². The summed E-state index contributed by atoms with van der Waals surface area (Å²) in [5.74, 6) is 0.113. The van der Waals surface area contributed by atoms with Crippen molar-refractivity contribution in [1.29, 1.82) is 0 Å². The van der Waals surface area contributed by atoms with Crippen LogP contribution in [0.1, 0.15) is 58.8 Å². The van der Waals surface area contributed by atoms with Crippen molar-refractivity contribution < 1.29 is 19.8 Å². The summed E-state index contributed by atoms with van der Waals surface area (Å²) in [6, 6.07) is 0. The minimum Gasteiger partial charge on any atom is -0.478 e. The monoisotopic (exact) mass is 332 g/mol. The molecule has 4 nitrogen and oxygen atoms in total. The van der Waals surface area contributed by atoms with Crippen molar-refractivity contribution in [2.75, 3.05) is 0 Å². The fourth-order valence-electron chi connectivity index (χ4n) is 7.50. The third kappa shape index (κ3) is 1.95. The highest BCUT2D eigenvalue weighted by Gasteiger charge is 2.64. The number of fused-ring (bicyclic) bond motifs is 3. The zero-order chi connectivity index (χ0) is 17.3. The van der Waals surface area contributed by atoms with E-state index in [0.717, 1.165) is 44.8 Å². The van der Waals surface area contributed by atoms with Crippen LogP contribution < -0.4 is 0 Å². The van der Waals surface area contributed by atoms with Gasteiger partial charge in [0, 0.05) is 11.0 Å². The molecule has 4 aliphatic rings. The van der Waals surface area contributed by atoms with Crippen LogP contribution in [0.25, 0.3) is 0 Å². The molecule has 24 heavy (non-hydrogen) atoms. The number of allylic oxidation sites excluding steroid dienone is 1. The van der Waals surface area contributed by atoms with Crippen LogP contribution >= 0.6 is 0 Å². The molecule has 3 saturated carbocycles. The van der Waals surface area contributed by atoms with Gasteiger partial charge in [0.25, 0.3) is 0 Å². The van der Waals surface area contributed by atoms with E-state index in [1.165, 1.54) is 0 Å². The molecule has 4 rings (SSSR count). The second-order valence-electron chi connectivity index (χ2n) is 9.45. The summed E-state index contributed by atoms with van der Waals surface area (Å²) >= 11 is 0. The van der Waals surface area contributed by atoms with E-state index in [9.17, 15) is 19.8 Å². The summed E-state index contributed by atoms with van der Waals surface area (Å²) in [6.07, 6.45) is 8.90. The highest BCUT2D eigenvalue weighted by Crippen LogP contribution is 2.70. The molecule has 0 aliphatic heterocycles. The second kappa shape index (κ2) is 4.94. The molecule has 4 aliphatic carbocycles. The molecule has 0 aromatic heterocycles. The van der Waals surface area contributed by atoms with Gasteiger partial charge in [0.05, 0.1) is 6.10 Å². The molecule has 0 saturated heterocycles.